The van der Waals surface area contributed by atoms with E-state index in [4.69, 9.17) is 32.7 Å². The lowest BCUT2D eigenvalue weighted by Gasteiger charge is -2.22. The SMILES string of the molecule is C=C/C(Cl)=C(C[C@H](OC(=O)Sc1ccccc1F)c1ccc(OC(F)F)c(OCC2CC2)c1)\C(Cl)=C/C. The van der Waals surface area contributed by atoms with Gasteiger partial charge in [-0.1, -0.05) is 60.1 Å². The van der Waals surface area contributed by atoms with Crippen LogP contribution in [0.3, 0.4) is 0 Å². The van der Waals surface area contributed by atoms with Crippen LogP contribution in [-0.4, -0.2) is 18.5 Å². The number of alkyl halides is 2. The highest BCUT2D eigenvalue weighted by molar-refractivity contribution is 8.13. The van der Waals surface area contributed by atoms with Gasteiger partial charge in [0.25, 0.3) is 0 Å². The van der Waals surface area contributed by atoms with Crippen LogP contribution in [0.1, 0.15) is 37.9 Å². The molecule has 2 aromatic carbocycles. The van der Waals surface area contributed by atoms with Gasteiger partial charge in [0.05, 0.1) is 11.5 Å². The summed E-state index contributed by atoms with van der Waals surface area (Å²) in [5.41, 5.74) is 0.865. The Morgan fingerprint density at radius 3 is 2.54 bits per heavy atom. The molecular formula is C27H25Cl2F3O4S. The average molecular weight is 573 g/mol. The molecule has 37 heavy (non-hydrogen) atoms. The first-order chi connectivity index (χ1) is 17.7. The van der Waals surface area contributed by atoms with Gasteiger partial charge in [0, 0.05) is 16.5 Å². The van der Waals surface area contributed by atoms with Gasteiger partial charge in [-0.05, 0) is 72.8 Å². The van der Waals surface area contributed by atoms with Crippen LogP contribution >= 0.6 is 35.0 Å². The third-order valence-electron chi connectivity index (χ3n) is 5.39. The van der Waals surface area contributed by atoms with Crippen LogP contribution < -0.4 is 9.47 Å². The van der Waals surface area contributed by atoms with Crippen LogP contribution in [0.5, 0.6) is 11.5 Å². The number of halogens is 5. The van der Waals surface area contributed by atoms with E-state index in [0.717, 1.165) is 12.8 Å². The van der Waals surface area contributed by atoms with E-state index in [9.17, 15) is 18.0 Å². The summed E-state index contributed by atoms with van der Waals surface area (Å²) < 4.78 is 56.2. The number of rotatable bonds is 12. The van der Waals surface area contributed by atoms with Crippen LogP contribution in [-0.2, 0) is 4.74 Å². The van der Waals surface area contributed by atoms with Crippen LogP contribution in [0.4, 0.5) is 18.0 Å². The van der Waals surface area contributed by atoms with Crippen molar-refractivity contribution in [3.63, 3.8) is 0 Å². The molecule has 0 heterocycles. The van der Waals surface area contributed by atoms with Gasteiger partial charge in [-0.15, -0.1) is 0 Å². The minimum atomic E-state index is -3.05. The smallest absolute Gasteiger partial charge is 0.387 e. The molecule has 0 bridgehead atoms. The molecule has 1 aliphatic carbocycles. The maximum absolute atomic E-state index is 14.1. The van der Waals surface area contributed by atoms with E-state index in [1.54, 1.807) is 19.1 Å². The molecule has 10 heteroatoms. The molecular weight excluding hydrogens is 548 g/mol. The summed E-state index contributed by atoms with van der Waals surface area (Å²) in [5.74, 6) is -0.276. The summed E-state index contributed by atoms with van der Waals surface area (Å²) in [5, 5.41) is -0.224. The van der Waals surface area contributed by atoms with E-state index in [2.05, 4.69) is 11.3 Å². The van der Waals surface area contributed by atoms with Crippen molar-refractivity contribution in [2.45, 2.75) is 43.8 Å². The lowest BCUT2D eigenvalue weighted by molar-refractivity contribution is -0.0515. The second-order valence-corrected chi connectivity index (χ2v) is 9.89. The first kappa shape index (κ1) is 29.0. The molecule has 1 aliphatic rings. The number of benzene rings is 2. The Morgan fingerprint density at radius 1 is 1.19 bits per heavy atom. The van der Waals surface area contributed by atoms with E-state index in [1.807, 2.05) is 0 Å². The predicted octanol–water partition coefficient (Wildman–Crippen LogP) is 9.40. The fourth-order valence-electron chi connectivity index (χ4n) is 3.30. The van der Waals surface area contributed by atoms with Crippen molar-refractivity contribution in [1.29, 1.82) is 0 Å². The van der Waals surface area contributed by atoms with Gasteiger partial charge in [0.1, 0.15) is 11.9 Å². The second kappa shape index (κ2) is 13.8. The average Bonchev–Trinajstić information content (AvgIpc) is 3.70. The van der Waals surface area contributed by atoms with Gasteiger partial charge in [-0.3, -0.25) is 0 Å². The topological polar surface area (TPSA) is 44.8 Å². The molecule has 0 N–H and O–H groups in total. The van der Waals surface area contributed by atoms with Gasteiger partial charge in [0.2, 0.25) is 0 Å². The molecule has 0 aromatic heterocycles. The monoisotopic (exact) mass is 572 g/mol. The van der Waals surface area contributed by atoms with Gasteiger partial charge in [-0.25, -0.2) is 9.18 Å². The minimum absolute atomic E-state index is 0.0225. The number of thioether (sulfide) groups is 1. The Labute approximate surface area is 228 Å². The summed E-state index contributed by atoms with van der Waals surface area (Å²) in [6.07, 6.45) is 4.06. The number of hydrogen-bond acceptors (Lipinski definition) is 5. The molecule has 3 rings (SSSR count). The maximum atomic E-state index is 14.1. The largest absolute Gasteiger partial charge is 0.489 e. The molecule has 1 saturated carbocycles. The zero-order chi connectivity index (χ0) is 26.9. The Balaban J connectivity index is 1.96. The van der Waals surface area contributed by atoms with E-state index in [1.165, 1.54) is 42.5 Å². The van der Waals surface area contributed by atoms with E-state index in [0.29, 0.717) is 40.5 Å². The van der Waals surface area contributed by atoms with Crippen molar-refractivity contribution in [3.8, 4) is 11.5 Å². The molecule has 2 aromatic rings. The molecule has 1 fully saturated rings. The molecule has 1 atom stereocenters. The zero-order valence-electron chi connectivity index (χ0n) is 19.9. The molecule has 0 amide bonds. The second-order valence-electron chi connectivity index (χ2n) is 8.10. The highest BCUT2D eigenvalue weighted by Gasteiger charge is 2.26. The molecule has 0 spiro atoms. The first-order valence-corrected chi connectivity index (χ1v) is 13.0. The molecule has 4 nitrogen and oxygen atoms in total. The van der Waals surface area contributed by atoms with Crippen LogP contribution in [0.15, 0.2) is 81.7 Å². The third kappa shape index (κ3) is 8.76. The highest BCUT2D eigenvalue weighted by Crippen LogP contribution is 2.40. The van der Waals surface area contributed by atoms with E-state index >= 15 is 0 Å². The summed E-state index contributed by atoms with van der Waals surface area (Å²) >= 11 is 13.3. The Kier molecular flexibility index (Phi) is 10.9. The lowest BCUT2D eigenvalue weighted by atomic mass is 9.99. The number of carbonyl (C=O) groups excluding carboxylic acids is 1. The summed E-state index contributed by atoms with van der Waals surface area (Å²) in [4.78, 5) is 12.9. The van der Waals surface area contributed by atoms with Crippen molar-refractivity contribution in [2.75, 3.05) is 6.61 Å². The number of ether oxygens (including phenoxy) is 3. The van der Waals surface area contributed by atoms with Gasteiger partial charge in [0.15, 0.2) is 11.5 Å². The lowest BCUT2D eigenvalue weighted by Crippen LogP contribution is -2.11. The van der Waals surface area contributed by atoms with Crippen molar-refractivity contribution in [1.82, 2.24) is 0 Å². The maximum Gasteiger partial charge on any atom is 0.387 e. The normalized spacial score (nSPS) is 15.2. The van der Waals surface area contributed by atoms with Gasteiger partial charge < -0.3 is 14.2 Å². The molecule has 0 aliphatic heterocycles. The number of carbonyl (C=O) groups is 1. The van der Waals surface area contributed by atoms with Crippen molar-refractivity contribution >= 4 is 40.3 Å². The Morgan fingerprint density at radius 2 is 1.92 bits per heavy atom. The highest BCUT2D eigenvalue weighted by atomic mass is 35.5. The molecule has 198 valence electrons. The zero-order valence-corrected chi connectivity index (χ0v) is 22.2. The van der Waals surface area contributed by atoms with E-state index < -0.39 is 23.8 Å². The standard InChI is InChI=1S/C27H25Cl2F3O4S/c1-3-19(28)18(20(29)4-2)14-23(36-27(33)37-25-8-6-5-7-21(25)30)17-11-12-22(35-26(31)32)24(13-17)34-15-16-9-10-16/h3-8,11-13,16,23,26H,1,9-10,14-15H2,2H3/b19-18+,20-4+/t23-/m0/s1. The summed E-state index contributed by atoms with van der Waals surface area (Å²) in [7, 11) is 0. The third-order valence-corrected chi connectivity index (χ3v) is 7.04. The summed E-state index contributed by atoms with van der Waals surface area (Å²) in [6, 6.07) is 10.1. The van der Waals surface area contributed by atoms with Gasteiger partial charge >= 0.3 is 11.9 Å². The fourth-order valence-corrected chi connectivity index (χ4v) is 4.36. The molecule has 0 unspecified atom stereocenters. The fraction of sp³-hybridized carbons (Fsp3) is 0.296. The van der Waals surface area contributed by atoms with E-state index in [-0.39, 0.29) is 27.8 Å². The molecule has 0 saturated heterocycles. The van der Waals surface area contributed by atoms with Crippen LogP contribution in [0.2, 0.25) is 0 Å². The van der Waals surface area contributed by atoms with Crippen molar-refractivity contribution in [2.24, 2.45) is 5.92 Å². The minimum Gasteiger partial charge on any atom is -0.489 e. The quantitative estimate of drug-likeness (QED) is 0.144. The van der Waals surface area contributed by atoms with Crippen molar-refractivity contribution < 1.29 is 32.2 Å². The number of hydrogen-bond donors (Lipinski definition) is 0. The Hall–Kier alpha value is -2.55. The van der Waals surface area contributed by atoms with Crippen LogP contribution in [0.25, 0.3) is 0 Å². The Bertz CT molecular complexity index is 1180. The summed E-state index contributed by atoms with van der Waals surface area (Å²) in [6.45, 7) is 2.68. The molecule has 0 radical (unpaired) electrons. The first-order valence-electron chi connectivity index (χ1n) is 11.4. The van der Waals surface area contributed by atoms with Gasteiger partial charge in [-0.2, -0.15) is 8.78 Å². The number of allylic oxidation sites excluding steroid dienone is 4. The predicted molar refractivity (Wildman–Crippen MR) is 140 cm³/mol. The van der Waals surface area contributed by atoms with Crippen molar-refractivity contribution in [3.05, 3.63) is 88.2 Å². The van der Waals surface area contributed by atoms with Crippen LogP contribution in [0, 0.1) is 11.7 Å².